The normalized spacial score (nSPS) is 19.9. The van der Waals surface area contributed by atoms with Gasteiger partial charge in [-0.25, -0.2) is 0 Å². The second-order valence-electron chi connectivity index (χ2n) is 4.50. The number of fused-ring (bicyclic) bond motifs is 1. The highest BCUT2D eigenvalue weighted by molar-refractivity contribution is 5.73. The summed E-state index contributed by atoms with van der Waals surface area (Å²) in [4.78, 5) is 13.3. The van der Waals surface area contributed by atoms with Crippen molar-refractivity contribution in [1.29, 1.82) is 0 Å². The van der Waals surface area contributed by atoms with Gasteiger partial charge in [0.05, 0.1) is 0 Å². The van der Waals surface area contributed by atoms with Crippen LogP contribution in [0.4, 0.5) is 0 Å². The Balaban J connectivity index is 2.37. The van der Waals surface area contributed by atoms with E-state index in [1.54, 1.807) is 6.92 Å². The zero-order chi connectivity index (χ0) is 11.0. The van der Waals surface area contributed by atoms with Crippen LogP contribution in [0.5, 0.6) is 0 Å². The zero-order valence-corrected chi connectivity index (χ0v) is 9.58. The van der Waals surface area contributed by atoms with E-state index in [9.17, 15) is 4.79 Å². The maximum Gasteiger partial charge on any atom is 0.219 e. The summed E-state index contributed by atoms with van der Waals surface area (Å²) in [6, 6.07) is 6.55. The number of amides is 1. The first kappa shape index (κ1) is 10.2. The summed E-state index contributed by atoms with van der Waals surface area (Å²) in [5.74, 6) is 0.632. The Bertz CT molecular complexity index is 398. The lowest BCUT2D eigenvalue weighted by atomic mass is 9.90. The van der Waals surface area contributed by atoms with Crippen LogP contribution in [-0.2, 0) is 11.3 Å². The fraction of sp³-hybridized carbons (Fsp3) is 0.462. The Morgan fingerprint density at radius 2 is 2.20 bits per heavy atom. The van der Waals surface area contributed by atoms with Gasteiger partial charge in [0.2, 0.25) is 5.91 Å². The number of rotatable bonds is 0. The molecule has 2 rings (SSSR count). The van der Waals surface area contributed by atoms with E-state index >= 15 is 0 Å². The Morgan fingerprint density at radius 1 is 1.47 bits per heavy atom. The van der Waals surface area contributed by atoms with Crippen LogP contribution in [0.2, 0.25) is 0 Å². The van der Waals surface area contributed by atoms with Crippen LogP contribution in [-0.4, -0.2) is 17.4 Å². The second-order valence-corrected chi connectivity index (χ2v) is 4.50. The molecule has 0 saturated heterocycles. The Hall–Kier alpha value is -1.31. The zero-order valence-electron chi connectivity index (χ0n) is 9.58. The standard InChI is InChI=1S/C13H17NO/c1-9-4-5-13-10(2)7-14(11(3)15)8-12(13)6-9/h4-6,10H,7-8H2,1-3H3. The lowest BCUT2D eigenvalue weighted by Crippen LogP contribution is -2.36. The first-order valence-corrected chi connectivity index (χ1v) is 5.43. The first-order chi connectivity index (χ1) is 7.08. The summed E-state index contributed by atoms with van der Waals surface area (Å²) >= 11 is 0. The molecule has 1 heterocycles. The molecule has 0 fully saturated rings. The summed E-state index contributed by atoms with van der Waals surface area (Å²) < 4.78 is 0. The van der Waals surface area contributed by atoms with Gasteiger partial charge < -0.3 is 4.90 Å². The molecular formula is C13H17NO. The van der Waals surface area contributed by atoms with Gasteiger partial charge in [-0.15, -0.1) is 0 Å². The SMILES string of the molecule is CC(=O)N1Cc2cc(C)ccc2C(C)C1. The smallest absolute Gasteiger partial charge is 0.219 e. The van der Waals surface area contributed by atoms with Crippen molar-refractivity contribution in [3.05, 3.63) is 34.9 Å². The molecule has 1 unspecified atom stereocenters. The summed E-state index contributed by atoms with van der Waals surface area (Å²) in [5.41, 5.74) is 3.98. The van der Waals surface area contributed by atoms with E-state index in [0.29, 0.717) is 5.92 Å². The van der Waals surface area contributed by atoms with Crippen molar-refractivity contribution in [2.24, 2.45) is 0 Å². The van der Waals surface area contributed by atoms with Gasteiger partial charge in [0.25, 0.3) is 0 Å². The van der Waals surface area contributed by atoms with Crippen molar-refractivity contribution in [3.8, 4) is 0 Å². The molecule has 1 amide bonds. The number of nitrogens with zero attached hydrogens (tertiary/aromatic N) is 1. The van der Waals surface area contributed by atoms with Gasteiger partial charge in [0, 0.05) is 20.0 Å². The summed E-state index contributed by atoms with van der Waals surface area (Å²) in [7, 11) is 0. The third-order valence-electron chi connectivity index (χ3n) is 3.13. The minimum absolute atomic E-state index is 0.175. The molecule has 1 aliphatic rings. The van der Waals surface area contributed by atoms with E-state index in [1.807, 2.05) is 4.90 Å². The number of hydrogen-bond donors (Lipinski definition) is 0. The van der Waals surface area contributed by atoms with Gasteiger partial charge in [-0.05, 0) is 24.0 Å². The van der Waals surface area contributed by atoms with E-state index in [1.165, 1.54) is 16.7 Å². The average Bonchev–Trinajstić information content (AvgIpc) is 2.16. The molecule has 2 heteroatoms. The van der Waals surface area contributed by atoms with Gasteiger partial charge in [-0.1, -0.05) is 30.7 Å². The van der Waals surface area contributed by atoms with Crippen LogP contribution < -0.4 is 0 Å². The van der Waals surface area contributed by atoms with Crippen molar-refractivity contribution < 1.29 is 4.79 Å². The molecule has 1 aromatic carbocycles. The van der Waals surface area contributed by atoms with Crippen LogP contribution in [0, 0.1) is 6.92 Å². The number of carbonyl (C=O) groups excluding carboxylic acids is 1. The molecule has 1 aromatic rings. The lowest BCUT2D eigenvalue weighted by molar-refractivity contribution is -0.130. The fourth-order valence-corrected chi connectivity index (χ4v) is 2.29. The minimum Gasteiger partial charge on any atom is -0.338 e. The minimum atomic E-state index is 0.175. The van der Waals surface area contributed by atoms with Gasteiger partial charge in [0.15, 0.2) is 0 Å². The van der Waals surface area contributed by atoms with E-state index in [0.717, 1.165) is 13.1 Å². The molecule has 15 heavy (non-hydrogen) atoms. The van der Waals surface area contributed by atoms with Crippen LogP contribution in [0.1, 0.15) is 36.5 Å². The molecule has 0 radical (unpaired) electrons. The molecule has 0 bridgehead atoms. The highest BCUT2D eigenvalue weighted by Crippen LogP contribution is 2.28. The van der Waals surface area contributed by atoms with Crippen molar-refractivity contribution in [2.45, 2.75) is 33.2 Å². The van der Waals surface area contributed by atoms with Crippen molar-refractivity contribution in [2.75, 3.05) is 6.54 Å². The molecule has 2 nitrogen and oxygen atoms in total. The summed E-state index contributed by atoms with van der Waals surface area (Å²) in [6.07, 6.45) is 0. The van der Waals surface area contributed by atoms with Crippen LogP contribution in [0.3, 0.4) is 0 Å². The maximum absolute atomic E-state index is 11.4. The molecule has 1 aliphatic heterocycles. The number of hydrogen-bond acceptors (Lipinski definition) is 1. The van der Waals surface area contributed by atoms with E-state index in [4.69, 9.17) is 0 Å². The Labute approximate surface area is 90.9 Å². The first-order valence-electron chi connectivity index (χ1n) is 5.43. The van der Waals surface area contributed by atoms with Gasteiger partial charge in [-0.3, -0.25) is 4.79 Å². The van der Waals surface area contributed by atoms with Gasteiger partial charge in [0.1, 0.15) is 0 Å². The van der Waals surface area contributed by atoms with Gasteiger partial charge >= 0.3 is 0 Å². The highest BCUT2D eigenvalue weighted by atomic mass is 16.2. The van der Waals surface area contributed by atoms with Crippen LogP contribution in [0.15, 0.2) is 18.2 Å². The average molecular weight is 203 g/mol. The quantitative estimate of drug-likeness (QED) is 0.634. The largest absolute Gasteiger partial charge is 0.338 e. The Kier molecular flexibility index (Phi) is 2.51. The predicted octanol–water partition coefficient (Wildman–Crippen LogP) is 2.46. The molecule has 0 saturated carbocycles. The molecular weight excluding hydrogens is 186 g/mol. The summed E-state index contributed by atoms with van der Waals surface area (Å²) in [6.45, 7) is 7.55. The maximum atomic E-state index is 11.4. The highest BCUT2D eigenvalue weighted by Gasteiger charge is 2.23. The lowest BCUT2D eigenvalue weighted by Gasteiger charge is -2.32. The molecule has 0 N–H and O–H groups in total. The third kappa shape index (κ3) is 1.89. The summed E-state index contributed by atoms with van der Waals surface area (Å²) in [5, 5.41) is 0. The van der Waals surface area contributed by atoms with E-state index < -0.39 is 0 Å². The van der Waals surface area contributed by atoms with Crippen molar-refractivity contribution >= 4 is 5.91 Å². The molecule has 80 valence electrons. The molecule has 0 aromatic heterocycles. The van der Waals surface area contributed by atoms with Crippen LogP contribution >= 0.6 is 0 Å². The predicted molar refractivity (Wildman–Crippen MR) is 60.7 cm³/mol. The van der Waals surface area contributed by atoms with Crippen molar-refractivity contribution in [1.82, 2.24) is 4.90 Å². The number of aryl methyl sites for hydroxylation is 1. The molecule has 1 atom stereocenters. The van der Waals surface area contributed by atoms with E-state index in [2.05, 4.69) is 32.0 Å². The second kappa shape index (κ2) is 3.69. The molecule has 0 aliphatic carbocycles. The molecule has 0 spiro atoms. The Morgan fingerprint density at radius 3 is 2.87 bits per heavy atom. The number of carbonyl (C=O) groups is 1. The van der Waals surface area contributed by atoms with Crippen LogP contribution in [0.25, 0.3) is 0 Å². The topological polar surface area (TPSA) is 20.3 Å². The van der Waals surface area contributed by atoms with Crippen molar-refractivity contribution in [3.63, 3.8) is 0 Å². The van der Waals surface area contributed by atoms with E-state index in [-0.39, 0.29) is 5.91 Å². The monoisotopic (exact) mass is 203 g/mol. The third-order valence-corrected chi connectivity index (χ3v) is 3.13. The van der Waals surface area contributed by atoms with Gasteiger partial charge in [-0.2, -0.15) is 0 Å². The fourth-order valence-electron chi connectivity index (χ4n) is 2.29. The number of benzene rings is 1.